The van der Waals surface area contributed by atoms with Gasteiger partial charge in [-0.15, -0.1) is 0 Å². The van der Waals surface area contributed by atoms with Crippen molar-refractivity contribution in [2.75, 3.05) is 28.4 Å². The van der Waals surface area contributed by atoms with Gasteiger partial charge in [-0.1, -0.05) is 74.8 Å². The third-order valence-electron chi connectivity index (χ3n) is 8.61. The Labute approximate surface area is 252 Å². The molecule has 1 aliphatic rings. The van der Waals surface area contributed by atoms with Crippen molar-refractivity contribution in [2.45, 2.75) is 26.2 Å². The minimum atomic E-state index is -2.21. The van der Waals surface area contributed by atoms with Gasteiger partial charge in [0, 0.05) is 0 Å². The average molecular weight is 593 g/mol. The lowest BCUT2D eigenvalue weighted by Gasteiger charge is -2.30. The van der Waals surface area contributed by atoms with Crippen molar-refractivity contribution in [3.8, 4) is 23.0 Å². The molecule has 0 N–H and O–H groups in total. The first-order valence-corrected chi connectivity index (χ1v) is 20.2. The van der Waals surface area contributed by atoms with Crippen molar-refractivity contribution < 1.29 is 18.9 Å². The highest BCUT2D eigenvalue weighted by Gasteiger charge is 2.33. The zero-order chi connectivity index (χ0) is 30.1. The summed E-state index contributed by atoms with van der Waals surface area (Å²) in [5, 5.41) is 5.39. The molecule has 6 heteroatoms. The molecule has 1 heterocycles. The van der Waals surface area contributed by atoms with Crippen molar-refractivity contribution in [3.05, 3.63) is 95.1 Å². The van der Waals surface area contributed by atoms with Crippen molar-refractivity contribution in [2.24, 2.45) is 0 Å². The molecule has 0 aliphatic carbocycles. The molecule has 4 aromatic carbocycles. The second-order valence-corrected chi connectivity index (χ2v) is 20.4. The van der Waals surface area contributed by atoms with Crippen LogP contribution in [0.2, 0.25) is 26.2 Å². The normalized spacial score (nSPS) is 16.4. The molecule has 1 aliphatic heterocycles. The molecule has 4 nitrogen and oxygen atoms in total. The van der Waals surface area contributed by atoms with Gasteiger partial charge in [-0.05, 0) is 91.5 Å². The van der Waals surface area contributed by atoms with Gasteiger partial charge >= 0.3 is 0 Å². The summed E-state index contributed by atoms with van der Waals surface area (Å²) in [5.41, 5.74) is 4.69. The smallest absolute Gasteiger partial charge is 0.119 e. The van der Waals surface area contributed by atoms with Gasteiger partial charge in [0.1, 0.15) is 39.1 Å². The zero-order valence-corrected chi connectivity index (χ0v) is 27.9. The van der Waals surface area contributed by atoms with Gasteiger partial charge in [-0.3, -0.25) is 0 Å². The predicted molar refractivity (Wildman–Crippen MR) is 183 cm³/mol. The summed E-state index contributed by atoms with van der Waals surface area (Å²) in [6.07, 6.45) is 9.04. The van der Waals surface area contributed by atoms with E-state index < -0.39 is 16.1 Å². The van der Waals surface area contributed by atoms with Crippen LogP contribution in [0.4, 0.5) is 0 Å². The quantitative estimate of drug-likeness (QED) is 0.272. The molecule has 0 amide bonds. The van der Waals surface area contributed by atoms with Gasteiger partial charge < -0.3 is 18.9 Å². The number of methoxy groups -OCH3 is 4. The molecule has 4 aromatic rings. The van der Waals surface area contributed by atoms with Gasteiger partial charge in [-0.2, -0.15) is 0 Å². The second-order valence-electron chi connectivity index (χ2n) is 11.7. The Morgan fingerprint density at radius 3 is 0.762 bits per heavy atom. The molecule has 0 saturated carbocycles. The molecule has 0 bridgehead atoms. The first kappa shape index (κ1) is 29.5. The zero-order valence-electron chi connectivity index (χ0n) is 25.9. The summed E-state index contributed by atoms with van der Waals surface area (Å²) in [6.45, 7) is 9.67. The van der Waals surface area contributed by atoms with Crippen LogP contribution < -0.4 is 39.7 Å². The average Bonchev–Trinajstić information content (AvgIpc) is 3.01. The largest absolute Gasteiger partial charge is 0.497 e. The molecular formula is C36H40O4Si2. The first-order chi connectivity index (χ1) is 20.1. The van der Waals surface area contributed by atoms with Crippen LogP contribution in [0.3, 0.4) is 0 Å². The summed E-state index contributed by atoms with van der Waals surface area (Å²) >= 11 is 0. The Kier molecular flexibility index (Phi) is 8.22. The summed E-state index contributed by atoms with van der Waals surface area (Å²) < 4.78 is 22.7. The molecule has 5 rings (SSSR count). The summed E-state index contributed by atoms with van der Waals surface area (Å²) in [5.74, 6) is 3.40. The van der Waals surface area contributed by atoms with E-state index in [1.54, 1.807) is 28.4 Å². The van der Waals surface area contributed by atoms with Gasteiger partial charge in [0.05, 0.1) is 28.4 Å². The number of benzene rings is 4. The van der Waals surface area contributed by atoms with Crippen LogP contribution >= 0.6 is 0 Å². The molecule has 216 valence electrons. The van der Waals surface area contributed by atoms with Crippen LogP contribution in [-0.2, 0) is 0 Å². The van der Waals surface area contributed by atoms with Gasteiger partial charge in [0.15, 0.2) is 0 Å². The fourth-order valence-electron chi connectivity index (χ4n) is 6.15. The van der Waals surface area contributed by atoms with Crippen LogP contribution in [0.5, 0.6) is 23.0 Å². The highest BCUT2D eigenvalue weighted by molar-refractivity contribution is 7.02. The predicted octanol–water partition coefficient (Wildman–Crippen LogP) is 6.02. The maximum Gasteiger partial charge on any atom is 0.119 e. The van der Waals surface area contributed by atoms with E-state index in [1.165, 1.54) is 43.0 Å². The molecule has 42 heavy (non-hydrogen) atoms. The van der Waals surface area contributed by atoms with Crippen molar-refractivity contribution in [1.82, 2.24) is 0 Å². The highest BCUT2D eigenvalue weighted by Crippen LogP contribution is 2.25. The van der Waals surface area contributed by atoms with E-state index in [4.69, 9.17) is 18.9 Å². The van der Waals surface area contributed by atoms with Crippen LogP contribution in [0, 0.1) is 0 Å². The Morgan fingerprint density at radius 2 is 0.571 bits per heavy atom. The van der Waals surface area contributed by atoms with Gasteiger partial charge in [-0.25, -0.2) is 0 Å². The van der Waals surface area contributed by atoms with Crippen LogP contribution in [-0.4, -0.2) is 44.6 Å². The van der Waals surface area contributed by atoms with Gasteiger partial charge in [0.25, 0.3) is 0 Å². The van der Waals surface area contributed by atoms with E-state index in [0.717, 1.165) is 23.0 Å². The minimum absolute atomic E-state index is 0.850. The molecule has 0 unspecified atom stereocenters. The monoisotopic (exact) mass is 592 g/mol. The van der Waals surface area contributed by atoms with Crippen LogP contribution in [0.1, 0.15) is 22.3 Å². The molecule has 0 saturated heterocycles. The summed E-state index contributed by atoms with van der Waals surface area (Å²) in [7, 11) is 2.49. The van der Waals surface area contributed by atoms with Crippen LogP contribution in [0.25, 0.3) is 24.3 Å². The first-order valence-electron chi connectivity index (χ1n) is 14.2. The molecule has 0 fully saturated rings. The molecule has 0 spiro atoms. The van der Waals surface area contributed by atoms with E-state index in [2.05, 4.69) is 123 Å². The fourth-order valence-corrected chi connectivity index (χ4v) is 12.2. The molecule has 0 radical (unpaired) electrons. The molecular weight excluding hydrogens is 553 g/mol. The van der Waals surface area contributed by atoms with Crippen molar-refractivity contribution >= 4 is 61.2 Å². The summed E-state index contributed by atoms with van der Waals surface area (Å²) in [6, 6.07) is 26.0. The molecule has 0 atom stereocenters. The Morgan fingerprint density at radius 1 is 0.357 bits per heavy atom. The number of fused-ring (bicyclic) bond motifs is 4. The van der Waals surface area contributed by atoms with Crippen LogP contribution in [0.15, 0.2) is 72.8 Å². The lowest BCUT2D eigenvalue weighted by atomic mass is 10.1. The minimum Gasteiger partial charge on any atom is -0.497 e. The lowest BCUT2D eigenvalue weighted by Crippen LogP contribution is -2.55. The third-order valence-corrected chi connectivity index (χ3v) is 15.8. The van der Waals surface area contributed by atoms with E-state index >= 15 is 0 Å². The number of ether oxygens (including phenoxy) is 4. The Balaban J connectivity index is 1.88. The molecule has 0 aromatic heterocycles. The standard InChI is InChI=1S/C36H40O4Si2/c1-37-29-13-17-33-25(21-29)9-10-26-22-30(38-2)15-19-35(26)42(7,8)36-20-16-32(40-4)24-28(36)12-11-27-23-31(39-3)14-18-34(27)41(33,5)6/h9-24H,1-8H3/b10-9-,12-11-. The van der Waals surface area contributed by atoms with E-state index in [9.17, 15) is 0 Å². The van der Waals surface area contributed by atoms with E-state index in [-0.39, 0.29) is 0 Å². The van der Waals surface area contributed by atoms with E-state index in [0.29, 0.717) is 0 Å². The SMILES string of the molecule is COc1ccc2c(c1)/C=C\c1cc(OC)ccc1[Si](C)(C)c1ccc(OC)cc1/C=C\c1cc(OC)ccc1[Si]2(C)C. The van der Waals surface area contributed by atoms with E-state index in [1.807, 2.05) is 0 Å². The maximum absolute atomic E-state index is 5.68. The summed E-state index contributed by atoms with van der Waals surface area (Å²) in [4.78, 5) is 0. The lowest BCUT2D eigenvalue weighted by molar-refractivity contribution is 0.414. The maximum atomic E-state index is 5.68. The van der Waals surface area contributed by atoms with Crippen molar-refractivity contribution in [3.63, 3.8) is 0 Å². The third kappa shape index (κ3) is 5.44. The van der Waals surface area contributed by atoms with Crippen molar-refractivity contribution in [1.29, 1.82) is 0 Å². The topological polar surface area (TPSA) is 36.9 Å². The number of hydrogen-bond acceptors (Lipinski definition) is 4. The van der Waals surface area contributed by atoms with Gasteiger partial charge in [0.2, 0.25) is 0 Å². The Hall–Kier alpha value is -4.01. The Bertz CT molecular complexity index is 1440. The number of hydrogen-bond donors (Lipinski definition) is 0. The number of rotatable bonds is 4. The fraction of sp³-hybridized carbons (Fsp3) is 0.222. The highest BCUT2D eigenvalue weighted by atomic mass is 28.3. The second kappa shape index (κ2) is 11.7.